The molecule has 6 rings (SSSR count). The van der Waals surface area contributed by atoms with Crippen molar-refractivity contribution >= 4 is 63.5 Å². The van der Waals surface area contributed by atoms with Crippen LogP contribution >= 0.6 is 39.1 Å². The second kappa shape index (κ2) is 21.8. The summed E-state index contributed by atoms with van der Waals surface area (Å²) in [7, 11) is 2.97. The van der Waals surface area contributed by atoms with Gasteiger partial charge < -0.3 is 28.7 Å². The predicted molar refractivity (Wildman–Crippen MR) is 222 cm³/mol. The lowest BCUT2D eigenvalue weighted by Gasteiger charge is -2.34. The highest BCUT2D eigenvalue weighted by atomic mass is 79.9. The molecule has 0 saturated carbocycles. The van der Waals surface area contributed by atoms with Crippen molar-refractivity contribution in [3.63, 3.8) is 0 Å². The molecule has 2 aliphatic rings. The van der Waals surface area contributed by atoms with Gasteiger partial charge in [0.05, 0.1) is 25.3 Å². The number of hydrogen-bond acceptors (Lipinski definition) is 10. The van der Waals surface area contributed by atoms with Crippen molar-refractivity contribution in [2.24, 2.45) is 0 Å². The van der Waals surface area contributed by atoms with Crippen LogP contribution in [0.25, 0.3) is 0 Å². The fraction of sp³-hybridized carbons (Fsp3) is 0.333. The number of halogens is 3. The topological polar surface area (TPSA) is 118 Å². The molecule has 0 bridgehead atoms. The average Bonchev–Trinajstić information content (AvgIpc) is 3.24. The number of carbonyl (C=O) groups is 4. The maximum absolute atomic E-state index is 12.6. The molecule has 15 heteroatoms. The van der Waals surface area contributed by atoms with Gasteiger partial charge in [-0.3, -0.25) is 29.0 Å². The second-order valence-electron chi connectivity index (χ2n) is 13.3. The first-order chi connectivity index (χ1) is 27.6. The van der Waals surface area contributed by atoms with Crippen LogP contribution in [-0.4, -0.2) is 124 Å². The Hall–Kier alpha value is -4.66. The van der Waals surface area contributed by atoms with E-state index in [-0.39, 0.29) is 36.3 Å². The molecule has 302 valence electrons. The third-order valence-corrected chi connectivity index (χ3v) is 10.5. The zero-order chi connectivity index (χ0) is 40.7. The van der Waals surface area contributed by atoms with E-state index in [1.165, 1.54) is 25.3 Å². The van der Waals surface area contributed by atoms with Crippen LogP contribution in [0, 0.1) is 0 Å². The molecule has 2 heterocycles. The van der Waals surface area contributed by atoms with Crippen LogP contribution in [0.2, 0.25) is 10.0 Å². The molecule has 4 aromatic carbocycles. The van der Waals surface area contributed by atoms with Crippen LogP contribution in [0.4, 0.5) is 0 Å². The number of piperazine rings is 2. The number of carbonyl (C=O) groups excluding carboxylic acids is 4. The molecule has 57 heavy (non-hydrogen) atoms. The fourth-order valence-corrected chi connectivity index (χ4v) is 6.94. The highest BCUT2D eigenvalue weighted by Crippen LogP contribution is 2.33. The summed E-state index contributed by atoms with van der Waals surface area (Å²) >= 11 is 15.2. The Kier molecular flexibility index (Phi) is 16.6. The number of aldehydes is 2. The van der Waals surface area contributed by atoms with Crippen molar-refractivity contribution in [2.75, 3.05) is 79.8 Å². The standard InChI is InChI=1S/C22H25ClN2O5.C20H20BrClN2O3/c1-28-18-11-20(29-2)19(14-26)21(12-18)30-15-22(27)25-9-7-24(8-10-25)13-16-3-5-17(23)6-4-16;21-17-3-6-19(16(11-17)13-25)27-14-20(26)24-9-7-23(8-10-24)12-15-1-4-18(22)5-2-15/h3-6,11-12,14H,7-10,13,15H2,1-2H3;1-6,11,13H,7-10,12,14H2. The average molecular weight is 885 g/mol. The fourth-order valence-electron chi connectivity index (χ4n) is 6.31. The van der Waals surface area contributed by atoms with Crippen molar-refractivity contribution in [3.05, 3.63) is 116 Å². The molecular weight excluding hydrogens is 839 g/mol. The molecule has 0 spiro atoms. The van der Waals surface area contributed by atoms with Gasteiger partial charge in [0, 0.05) is 92.1 Å². The number of ether oxygens (including phenoxy) is 4. The van der Waals surface area contributed by atoms with Gasteiger partial charge in [0.15, 0.2) is 25.8 Å². The quantitative estimate of drug-likeness (QED) is 0.130. The lowest BCUT2D eigenvalue weighted by molar-refractivity contribution is -0.135. The Balaban J connectivity index is 0.000000219. The largest absolute Gasteiger partial charge is 0.496 e. The van der Waals surface area contributed by atoms with E-state index in [0.717, 1.165) is 60.1 Å². The third-order valence-electron chi connectivity index (χ3n) is 9.54. The highest BCUT2D eigenvalue weighted by Gasteiger charge is 2.24. The Bertz CT molecular complexity index is 1970. The van der Waals surface area contributed by atoms with E-state index >= 15 is 0 Å². The zero-order valence-electron chi connectivity index (χ0n) is 31.8. The molecule has 0 aromatic heterocycles. The summed E-state index contributed by atoms with van der Waals surface area (Å²) < 4.78 is 22.4. The maximum Gasteiger partial charge on any atom is 0.260 e. The van der Waals surface area contributed by atoms with Gasteiger partial charge in [-0.05, 0) is 53.6 Å². The summed E-state index contributed by atoms with van der Waals surface area (Å²) in [4.78, 5) is 55.8. The third kappa shape index (κ3) is 12.9. The van der Waals surface area contributed by atoms with Gasteiger partial charge in [-0.2, -0.15) is 0 Å². The maximum atomic E-state index is 12.6. The lowest BCUT2D eigenvalue weighted by Crippen LogP contribution is -2.49. The monoisotopic (exact) mass is 882 g/mol. The Labute approximate surface area is 351 Å². The van der Waals surface area contributed by atoms with Crippen LogP contribution in [-0.2, 0) is 22.7 Å². The van der Waals surface area contributed by atoms with Crippen molar-refractivity contribution in [1.82, 2.24) is 19.6 Å². The summed E-state index contributed by atoms with van der Waals surface area (Å²) in [6.07, 6.45) is 1.37. The van der Waals surface area contributed by atoms with Crippen LogP contribution < -0.4 is 18.9 Å². The zero-order valence-corrected chi connectivity index (χ0v) is 34.9. The SMILES string of the molecule is COc1cc(OC)c(C=O)c(OCC(=O)N2CCN(Cc3ccc(Cl)cc3)CC2)c1.O=Cc1cc(Br)ccc1OCC(=O)N1CCN(Cc2ccc(Cl)cc2)CC1. The number of amides is 2. The van der Waals surface area contributed by atoms with Crippen molar-refractivity contribution in [1.29, 1.82) is 0 Å². The minimum Gasteiger partial charge on any atom is -0.496 e. The molecule has 12 nitrogen and oxygen atoms in total. The highest BCUT2D eigenvalue weighted by molar-refractivity contribution is 9.10. The van der Waals surface area contributed by atoms with Crippen LogP contribution in [0.1, 0.15) is 31.8 Å². The minimum atomic E-state index is -0.158. The summed E-state index contributed by atoms with van der Waals surface area (Å²) in [6, 6.07) is 23.9. The number of rotatable bonds is 14. The lowest BCUT2D eigenvalue weighted by atomic mass is 10.2. The normalized spacial score (nSPS) is 14.5. The van der Waals surface area contributed by atoms with Gasteiger partial charge in [0.1, 0.15) is 23.0 Å². The Morgan fingerprint density at radius 1 is 0.614 bits per heavy atom. The molecule has 2 saturated heterocycles. The minimum absolute atomic E-state index is 0.0686. The number of hydrogen-bond donors (Lipinski definition) is 0. The van der Waals surface area contributed by atoms with Crippen LogP contribution in [0.3, 0.4) is 0 Å². The van der Waals surface area contributed by atoms with E-state index in [1.54, 1.807) is 40.1 Å². The van der Waals surface area contributed by atoms with E-state index < -0.39 is 0 Å². The Morgan fingerprint density at radius 2 is 1.09 bits per heavy atom. The summed E-state index contributed by atoms with van der Waals surface area (Å²) in [6.45, 7) is 7.19. The van der Waals surface area contributed by atoms with Gasteiger partial charge in [0.2, 0.25) is 0 Å². The molecule has 0 atom stereocenters. The molecule has 2 aliphatic heterocycles. The van der Waals surface area contributed by atoms with E-state index in [4.69, 9.17) is 42.1 Å². The number of benzene rings is 4. The van der Waals surface area contributed by atoms with Gasteiger partial charge >= 0.3 is 0 Å². The molecule has 0 N–H and O–H groups in total. The summed E-state index contributed by atoms with van der Waals surface area (Å²) in [5, 5.41) is 1.46. The summed E-state index contributed by atoms with van der Waals surface area (Å²) in [5.74, 6) is 1.30. The molecule has 4 aromatic rings. The molecule has 0 radical (unpaired) electrons. The van der Waals surface area contributed by atoms with E-state index in [2.05, 4.69) is 25.7 Å². The molecular formula is C42H45BrCl2N4O8. The Morgan fingerprint density at radius 3 is 1.53 bits per heavy atom. The van der Waals surface area contributed by atoms with Crippen LogP contribution in [0.5, 0.6) is 23.0 Å². The number of nitrogens with zero attached hydrogens (tertiary/aromatic N) is 4. The first kappa shape index (κ1) is 43.5. The molecule has 0 unspecified atom stereocenters. The van der Waals surface area contributed by atoms with E-state index in [1.807, 2.05) is 48.5 Å². The van der Waals surface area contributed by atoms with Gasteiger partial charge in [0.25, 0.3) is 11.8 Å². The molecule has 2 fully saturated rings. The second-order valence-corrected chi connectivity index (χ2v) is 15.1. The van der Waals surface area contributed by atoms with Crippen molar-refractivity contribution < 1.29 is 38.1 Å². The smallest absolute Gasteiger partial charge is 0.260 e. The van der Waals surface area contributed by atoms with E-state index in [9.17, 15) is 19.2 Å². The van der Waals surface area contributed by atoms with Gasteiger partial charge in [-0.25, -0.2) is 0 Å². The van der Waals surface area contributed by atoms with E-state index in [0.29, 0.717) is 55.3 Å². The molecule has 0 aliphatic carbocycles. The first-order valence-corrected chi connectivity index (χ1v) is 19.8. The van der Waals surface area contributed by atoms with Gasteiger partial charge in [-0.15, -0.1) is 0 Å². The summed E-state index contributed by atoms with van der Waals surface area (Å²) in [5.41, 5.74) is 3.07. The number of methoxy groups -OCH3 is 2. The van der Waals surface area contributed by atoms with Crippen LogP contribution in [0.15, 0.2) is 83.3 Å². The molecule has 2 amide bonds. The van der Waals surface area contributed by atoms with Gasteiger partial charge in [-0.1, -0.05) is 63.4 Å². The first-order valence-electron chi connectivity index (χ1n) is 18.3. The predicted octanol–water partition coefficient (Wildman–Crippen LogP) is 6.53. The van der Waals surface area contributed by atoms with Crippen molar-refractivity contribution in [2.45, 2.75) is 13.1 Å². The van der Waals surface area contributed by atoms with Crippen molar-refractivity contribution in [3.8, 4) is 23.0 Å².